The van der Waals surface area contributed by atoms with Crippen LogP contribution >= 0.6 is 45.8 Å². The number of rotatable bonds is 10. The van der Waals surface area contributed by atoms with E-state index >= 15 is 0 Å². The average Bonchev–Trinajstić information content (AvgIpc) is 3.59. The number of hydrogen-bond acceptors (Lipinski definition) is 6. The van der Waals surface area contributed by atoms with E-state index in [1.807, 2.05) is 36.7 Å². The molecule has 0 radical (unpaired) electrons. The van der Waals surface area contributed by atoms with Crippen LogP contribution in [0, 0.1) is 9.49 Å². The van der Waals surface area contributed by atoms with E-state index in [2.05, 4.69) is 27.9 Å². The van der Waals surface area contributed by atoms with Crippen molar-refractivity contribution in [2.24, 2.45) is 13.0 Å². The van der Waals surface area contributed by atoms with E-state index in [4.69, 9.17) is 37.4 Å². The number of carbonyl (C=O) groups excluding carboxylic acids is 3. The fourth-order valence-electron chi connectivity index (χ4n) is 6.30. The summed E-state index contributed by atoms with van der Waals surface area (Å²) < 4.78 is 20.0. The number of aryl methyl sites for hydroxylation is 1. The largest absolute Gasteiger partial charge is 0.466 e. The van der Waals surface area contributed by atoms with Crippen LogP contribution in [-0.2, 0) is 37.3 Å². The molecule has 1 saturated carbocycles. The molecule has 2 heterocycles. The molecule has 0 bridgehead atoms. The number of nitrogens with one attached hydrogen (secondary N) is 1. The summed E-state index contributed by atoms with van der Waals surface area (Å²) in [7, 11) is 3.54. The predicted molar refractivity (Wildman–Crippen MR) is 183 cm³/mol. The summed E-state index contributed by atoms with van der Waals surface area (Å²) in [6, 6.07) is 9.04. The Kier molecular flexibility index (Phi) is 11.3. The summed E-state index contributed by atoms with van der Waals surface area (Å²) in [6.07, 6.45) is 5.53. The molecular formula is C33H38Cl2IN3O6. The SMILES string of the molecule is CCOC(=O)C1CCC(OC[C@@H]2C[C@H](OC)CN2C(=O)Cc2cc(Cl)c(NC(=O)c3cn(C)c4ccc(I)cc34)cc2Cl)CC1. The molecule has 45 heavy (non-hydrogen) atoms. The molecule has 9 nitrogen and oxygen atoms in total. The maximum Gasteiger partial charge on any atom is 0.308 e. The molecule has 5 rings (SSSR count). The van der Waals surface area contributed by atoms with Crippen molar-refractivity contribution in [3.63, 3.8) is 0 Å². The van der Waals surface area contributed by atoms with Crippen LogP contribution in [0.15, 0.2) is 36.5 Å². The number of hydrogen-bond donors (Lipinski definition) is 1. The van der Waals surface area contributed by atoms with Crippen molar-refractivity contribution in [1.29, 1.82) is 0 Å². The first-order chi connectivity index (χ1) is 21.6. The van der Waals surface area contributed by atoms with E-state index in [1.54, 1.807) is 30.3 Å². The monoisotopic (exact) mass is 769 g/mol. The Labute approximate surface area is 287 Å². The molecule has 1 aromatic heterocycles. The van der Waals surface area contributed by atoms with Crippen LogP contribution in [0.25, 0.3) is 10.9 Å². The molecule has 1 N–H and O–H groups in total. The van der Waals surface area contributed by atoms with Gasteiger partial charge in [-0.1, -0.05) is 23.2 Å². The number of nitrogens with zero attached hydrogens (tertiary/aromatic N) is 2. The Bertz CT molecular complexity index is 1570. The third kappa shape index (κ3) is 7.96. The van der Waals surface area contributed by atoms with Gasteiger partial charge in [0.25, 0.3) is 5.91 Å². The van der Waals surface area contributed by atoms with Crippen molar-refractivity contribution in [2.45, 2.75) is 63.7 Å². The molecule has 1 aliphatic heterocycles. The molecular weight excluding hydrogens is 732 g/mol. The summed E-state index contributed by atoms with van der Waals surface area (Å²) in [5.74, 6) is -0.593. The minimum absolute atomic E-state index is 0.0442. The molecule has 2 amide bonds. The lowest BCUT2D eigenvalue weighted by atomic mass is 9.87. The molecule has 0 spiro atoms. The van der Waals surface area contributed by atoms with Gasteiger partial charge in [0.15, 0.2) is 0 Å². The third-order valence-corrected chi connectivity index (χ3v) is 10.1. The van der Waals surface area contributed by atoms with E-state index in [0.29, 0.717) is 53.0 Å². The molecule has 242 valence electrons. The number of fused-ring (bicyclic) bond motifs is 1. The van der Waals surface area contributed by atoms with Crippen molar-refractivity contribution < 1.29 is 28.6 Å². The van der Waals surface area contributed by atoms with Crippen LogP contribution in [0.1, 0.15) is 54.9 Å². The Morgan fingerprint density at radius 3 is 2.51 bits per heavy atom. The van der Waals surface area contributed by atoms with Gasteiger partial charge in [-0.25, -0.2) is 0 Å². The van der Waals surface area contributed by atoms with Crippen LogP contribution in [0.5, 0.6) is 0 Å². The van der Waals surface area contributed by atoms with Gasteiger partial charge in [-0.05, 0) is 97.5 Å². The van der Waals surface area contributed by atoms with Crippen molar-refractivity contribution in [1.82, 2.24) is 9.47 Å². The number of esters is 1. The standard InChI is InChI=1S/C33H38Cl2IN3O6/c1-4-44-33(42)19-5-8-23(9-6-19)45-18-22-14-24(43-3)16-39(22)31(40)12-20-11-28(35)29(15-27(20)34)37-32(41)26-17-38(2)30-10-7-21(36)13-25(26)30/h7,10-11,13,15,17,19,22-24H,4-6,8-9,12,14,16,18H2,1-3H3,(H,37,41)/t19?,22-,23?,24-/m0/s1. The molecule has 12 heteroatoms. The normalized spacial score (nSPS) is 21.7. The highest BCUT2D eigenvalue weighted by atomic mass is 127. The van der Waals surface area contributed by atoms with Gasteiger partial charge in [0, 0.05) is 46.4 Å². The minimum Gasteiger partial charge on any atom is -0.466 e. The van der Waals surface area contributed by atoms with Gasteiger partial charge in [0.2, 0.25) is 5.91 Å². The first-order valence-corrected chi connectivity index (χ1v) is 17.1. The average molecular weight is 770 g/mol. The van der Waals surface area contributed by atoms with Gasteiger partial charge in [-0.2, -0.15) is 0 Å². The van der Waals surface area contributed by atoms with Crippen LogP contribution in [-0.4, -0.2) is 72.4 Å². The Morgan fingerprint density at radius 2 is 1.80 bits per heavy atom. The molecule has 0 unspecified atom stereocenters. The highest BCUT2D eigenvalue weighted by Gasteiger charge is 2.37. The van der Waals surface area contributed by atoms with Gasteiger partial charge in [0.05, 0.1) is 60.1 Å². The minimum atomic E-state index is -0.302. The Hall–Kier alpha value is -2.38. The second kappa shape index (κ2) is 15.0. The maximum atomic E-state index is 13.6. The molecule has 2 aliphatic rings. The van der Waals surface area contributed by atoms with Gasteiger partial charge in [-0.15, -0.1) is 0 Å². The van der Waals surface area contributed by atoms with Crippen molar-refractivity contribution in [3.8, 4) is 0 Å². The second-order valence-electron chi connectivity index (χ2n) is 11.7. The Balaban J connectivity index is 1.21. The topological polar surface area (TPSA) is 99.1 Å². The van der Waals surface area contributed by atoms with E-state index in [-0.39, 0.29) is 48.4 Å². The number of likely N-dealkylation sites (tertiary alicyclic amines) is 1. The molecule has 1 saturated heterocycles. The van der Waals surface area contributed by atoms with Gasteiger partial charge < -0.3 is 29.0 Å². The van der Waals surface area contributed by atoms with Crippen molar-refractivity contribution in [2.75, 3.05) is 32.2 Å². The molecule has 1 aliphatic carbocycles. The van der Waals surface area contributed by atoms with Crippen LogP contribution in [0.3, 0.4) is 0 Å². The van der Waals surface area contributed by atoms with E-state index in [0.717, 1.165) is 40.2 Å². The zero-order valence-corrected chi connectivity index (χ0v) is 29.3. The fourth-order valence-corrected chi connectivity index (χ4v) is 7.25. The molecule has 2 fully saturated rings. The van der Waals surface area contributed by atoms with Gasteiger partial charge in [0.1, 0.15) is 0 Å². The highest BCUT2D eigenvalue weighted by molar-refractivity contribution is 14.1. The lowest BCUT2D eigenvalue weighted by molar-refractivity contribution is -0.150. The number of aromatic nitrogens is 1. The number of anilines is 1. The van der Waals surface area contributed by atoms with E-state index in [9.17, 15) is 14.4 Å². The first-order valence-electron chi connectivity index (χ1n) is 15.2. The van der Waals surface area contributed by atoms with E-state index < -0.39 is 0 Å². The summed E-state index contributed by atoms with van der Waals surface area (Å²) >= 11 is 15.5. The molecule has 3 aromatic rings. The Morgan fingerprint density at radius 1 is 1.04 bits per heavy atom. The lowest BCUT2D eigenvalue weighted by Crippen LogP contribution is -2.40. The summed E-state index contributed by atoms with van der Waals surface area (Å²) in [5.41, 5.74) is 2.41. The maximum absolute atomic E-state index is 13.6. The van der Waals surface area contributed by atoms with Crippen LogP contribution < -0.4 is 5.32 Å². The first kappa shape index (κ1) is 34.0. The predicted octanol–water partition coefficient (Wildman–Crippen LogP) is 6.64. The summed E-state index contributed by atoms with van der Waals surface area (Å²) in [5, 5.41) is 4.36. The zero-order valence-electron chi connectivity index (χ0n) is 25.6. The van der Waals surface area contributed by atoms with Crippen molar-refractivity contribution in [3.05, 3.63) is 61.3 Å². The summed E-state index contributed by atoms with van der Waals surface area (Å²) in [4.78, 5) is 40.7. The number of amides is 2. The summed E-state index contributed by atoms with van der Waals surface area (Å²) in [6.45, 7) is 3.07. The van der Waals surface area contributed by atoms with E-state index in [1.165, 1.54) is 0 Å². The number of methoxy groups -OCH3 is 1. The number of ether oxygens (including phenoxy) is 3. The third-order valence-electron chi connectivity index (χ3n) is 8.77. The zero-order chi connectivity index (χ0) is 32.2. The fraction of sp³-hybridized carbons (Fsp3) is 0.485. The van der Waals surface area contributed by atoms with Crippen LogP contribution in [0.4, 0.5) is 5.69 Å². The highest BCUT2D eigenvalue weighted by Crippen LogP contribution is 2.33. The molecule has 2 atom stereocenters. The number of halogens is 3. The number of carbonyl (C=O) groups is 3. The van der Waals surface area contributed by atoms with Gasteiger partial charge >= 0.3 is 5.97 Å². The van der Waals surface area contributed by atoms with Crippen molar-refractivity contribution >= 4 is 80.2 Å². The van der Waals surface area contributed by atoms with Crippen LogP contribution in [0.2, 0.25) is 10.0 Å². The second-order valence-corrected chi connectivity index (χ2v) is 13.8. The van der Waals surface area contributed by atoms with Gasteiger partial charge in [-0.3, -0.25) is 14.4 Å². The lowest BCUT2D eigenvalue weighted by Gasteiger charge is -2.30. The quantitative estimate of drug-likeness (QED) is 0.184. The smallest absolute Gasteiger partial charge is 0.308 e. The molecule has 2 aromatic carbocycles. The number of benzene rings is 2.